The third-order valence-corrected chi connectivity index (χ3v) is 14.5. The van der Waals surface area contributed by atoms with Crippen LogP contribution in [-0.4, -0.2) is 74.1 Å². The predicted octanol–water partition coefficient (Wildman–Crippen LogP) is 5.10. The van der Waals surface area contributed by atoms with Crippen LogP contribution in [0.15, 0.2) is 28.6 Å². The van der Waals surface area contributed by atoms with Crippen LogP contribution in [0, 0.1) is 5.41 Å². The summed E-state index contributed by atoms with van der Waals surface area (Å²) in [4.78, 5) is 4.37. The molecule has 2 rings (SSSR count). The van der Waals surface area contributed by atoms with Gasteiger partial charge in [-0.15, -0.1) is 11.3 Å². The summed E-state index contributed by atoms with van der Waals surface area (Å²) in [5.74, 6) is -0.179. The molecule has 1 aromatic heterocycles. The number of ether oxygens (including phenoxy) is 4. The van der Waals surface area contributed by atoms with E-state index in [9.17, 15) is 8.42 Å². The van der Waals surface area contributed by atoms with Gasteiger partial charge in [0, 0.05) is 19.6 Å². The van der Waals surface area contributed by atoms with Gasteiger partial charge in [-0.3, -0.25) is 0 Å². The van der Waals surface area contributed by atoms with Gasteiger partial charge in [-0.25, -0.2) is 13.4 Å². The SMILES string of the molecule is COCO[C@H](CO[Si](C)(C)C(C)(C)C)[C@H](OCOC)C(C)(C)CS(=O)(=O)c1nc2ccccc2s1. The number of para-hydroxylation sites is 1. The lowest BCUT2D eigenvalue weighted by atomic mass is 9.85. The van der Waals surface area contributed by atoms with Crippen LogP contribution in [0.3, 0.4) is 0 Å². The summed E-state index contributed by atoms with van der Waals surface area (Å²) in [6, 6.07) is 7.40. The van der Waals surface area contributed by atoms with Crippen molar-refractivity contribution in [3.8, 4) is 0 Å². The van der Waals surface area contributed by atoms with E-state index in [0.717, 1.165) is 4.70 Å². The van der Waals surface area contributed by atoms with Gasteiger partial charge >= 0.3 is 0 Å². The van der Waals surface area contributed by atoms with Gasteiger partial charge in [0.25, 0.3) is 0 Å². The van der Waals surface area contributed by atoms with Crippen LogP contribution >= 0.6 is 11.3 Å². The first-order valence-corrected chi connectivity index (χ1v) is 17.0. The Labute approximate surface area is 215 Å². The van der Waals surface area contributed by atoms with E-state index in [0.29, 0.717) is 5.52 Å². The smallest absolute Gasteiger partial charge is 0.210 e. The molecule has 0 aliphatic heterocycles. The standard InChI is InChI=1S/C24H41NO7S2Si/c1-23(2,3)35(8,9)32-14-19(30-16-28-6)21(31-17-29-7)24(4,5)15-34(26,27)22-25-18-12-10-11-13-20(18)33-22/h10-13,19,21H,14-17H2,1-9H3/t19-,21+/m1/s1. The first-order valence-electron chi connectivity index (χ1n) is 11.6. The fraction of sp³-hybridized carbons (Fsp3) is 0.708. The molecule has 0 spiro atoms. The fourth-order valence-electron chi connectivity index (χ4n) is 3.48. The van der Waals surface area contributed by atoms with E-state index >= 15 is 0 Å². The quantitative estimate of drug-likeness (QED) is 0.238. The Morgan fingerprint density at radius 2 is 1.60 bits per heavy atom. The first kappa shape index (κ1) is 30.3. The number of sulfone groups is 1. The average molecular weight is 548 g/mol. The number of benzene rings is 1. The number of aromatic nitrogens is 1. The lowest BCUT2D eigenvalue weighted by molar-refractivity contribution is -0.191. The van der Waals surface area contributed by atoms with Crippen molar-refractivity contribution in [3.05, 3.63) is 24.3 Å². The number of thiazole rings is 1. The minimum absolute atomic E-state index is 0.00733. The highest BCUT2D eigenvalue weighted by Crippen LogP contribution is 2.38. The minimum atomic E-state index is -3.70. The molecule has 0 aliphatic carbocycles. The van der Waals surface area contributed by atoms with Crippen LogP contribution in [0.1, 0.15) is 34.6 Å². The van der Waals surface area contributed by atoms with Crippen molar-refractivity contribution in [1.29, 1.82) is 0 Å². The second-order valence-corrected chi connectivity index (χ2v) is 18.9. The van der Waals surface area contributed by atoms with Gasteiger partial charge in [0.15, 0.2) is 8.32 Å². The summed E-state index contributed by atoms with van der Waals surface area (Å²) in [5, 5.41) is 0.00733. The Morgan fingerprint density at radius 1 is 1.00 bits per heavy atom. The first-order chi connectivity index (χ1) is 16.1. The Balaban J connectivity index is 2.34. The van der Waals surface area contributed by atoms with Crippen LogP contribution in [0.5, 0.6) is 0 Å². The van der Waals surface area contributed by atoms with Gasteiger partial charge in [0.1, 0.15) is 19.7 Å². The van der Waals surface area contributed by atoms with E-state index in [2.05, 4.69) is 38.8 Å². The molecule has 200 valence electrons. The number of nitrogens with zero attached hydrogens (tertiary/aromatic N) is 1. The Hall–Kier alpha value is -0.923. The van der Waals surface area contributed by atoms with Crippen LogP contribution in [0.4, 0.5) is 0 Å². The highest BCUT2D eigenvalue weighted by molar-refractivity contribution is 7.93. The fourth-order valence-corrected chi connectivity index (χ4v) is 7.65. The second-order valence-electron chi connectivity index (χ2n) is 10.9. The minimum Gasteiger partial charge on any atom is -0.414 e. The second kappa shape index (κ2) is 12.1. The number of methoxy groups -OCH3 is 2. The maximum atomic E-state index is 13.5. The Kier molecular flexibility index (Phi) is 10.5. The van der Waals surface area contributed by atoms with Gasteiger partial charge in [0.05, 0.1) is 28.7 Å². The summed E-state index contributed by atoms with van der Waals surface area (Å²) in [6.07, 6.45) is -1.22. The molecule has 2 atom stereocenters. The van der Waals surface area contributed by atoms with E-state index in [1.807, 2.05) is 38.1 Å². The molecule has 0 bridgehead atoms. The van der Waals surface area contributed by atoms with Gasteiger partial charge in [-0.2, -0.15) is 0 Å². The maximum Gasteiger partial charge on any atom is 0.210 e. The predicted molar refractivity (Wildman–Crippen MR) is 142 cm³/mol. The Morgan fingerprint density at radius 3 is 2.17 bits per heavy atom. The van der Waals surface area contributed by atoms with Crippen LogP contribution in [0.2, 0.25) is 18.1 Å². The summed E-state index contributed by atoms with van der Waals surface area (Å²) in [5.41, 5.74) is -0.185. The third kappa shape index (κ3) is 8.03. The zero-order chi connectivity index (χ0) is 26.5. The molecule has 0 saturated carbocycles. The van der Waals surface area contributed by atoms with Gasteiger partial charge in [-0.1, -0.05) is 46.8 Å². The van der Waals surface area contributed by atoms with E-state index in [4.69, 9.17) is 23.4 Å². The van der Waals surface area contributed by atoms with Crippen LogP contribution < -0.4 is 0 Å². The molecule has 0 aliphatic rings. The molecule has 35 heavy (non-hydrogen) atoms. The molecule has 1 heterocycles. The average Bonchev–Trinajstić information content (AvgIpc) is 3.19. The van der Waals surface area contributed by atoms with Crippen molar-refractivity contribution in [1.82, 2.24) is 4.98 Å². The molecule has 8 nitrogen and oxygen atoms in total. The molecule has 0 radical (unpaired) electrons. The number of hydrogen-bond acceptors (Lipinski definition) is 9. The molecule has 2 aromatic rings. The van der Waals surface area contributed by atoms with E-state index in [1.54, 1.807) is 7.11 Å². The zero-order valence-corrected chi connectivity index (χ0v) is 25.0. The van der Waals surface area contributed by atoms with Crippen LogP contribution in [-0.2, 0) is 33.2 Å². The normalized spacial score (nSPS) is 15.5. The topological polar surface area (TPSA) is 93.2 Å². The van der Waals surface area contributed by atoms with E-state index < -0.39 is 35.8 Å². The van der Waals surface area contributed by atoms with Crippen molar-refractivity contribution in [3.63, 3.8) is 0 Å². The summed E-state index contributed by atoms with van der Waals surface area (Å²) in [7, 11) is -2.73. The molecular weight excluding hydrogens is 506 g/mol. The van der Waals surface area contributed by atoms with Gasteiger partial charge < -0.3 is 23.4 Å². The largest absolute Gasteiger partial charge is 0.414 e. The molecule has 0 unspecified atom stereocenters. The van der Waals surface area contributed by atoms with Crippen molar-refractivity contribution in [2.45, 2.75) is 69.3 Å². The monoisotopic (exact) mass is 547 g/mol. The maximum absolute atomic E-state index is 13.5. The summed E-state index contributed by atoms with van der Waals surface area (Å²) >= 11 is 1.18. The van der Waals surface area contributed by atoms with E-state index in [-0.39, 0.29) is 35.3 Å². The van der Waals surface area contributed by atoms with Crippen molar-refractivity contribution in [2.24, 2.45) is 5.41 Å². The number of rotatable bonds is 14. The van der Waals surface area contributed by atoms with Crippen molar-refractivity contribution < 1.29 is 31.8 Å². The number of fused-ring (bicyclic) bond motifs is 1. The molecule has 0 saturated heterocycles. The molecule has 0 fully saturated rings. The summed E-state index contributed by atoms with van der Waals surface area (Å²) in [6.45, 7) is 14.8. The molecule has 1 aromatic carbocycles. The molecule has 0 amide bonds. The molecule has 0 N–H and O–H groups in total. The highest BCUT2D eigenvalue weighted by Gasteiger charge is 2.44. The summed E-state index contributed by atoms with van der Waals surface area (Å²) < 4.78 is 56.7. The van der Waals surface area contributed by atoms with Gasteiger partial charge in [-0.05, 0) is 30.3 Å². The zero-order valence-electron chi connectivity index (χ0n) is 22.4. The number of hydrogen-bond donors (Lipinski definition) is 0. The van der Waals surface area contributed by atoms with Crippen LogP contribution in [0.25, 0.3) is 10.2 Å². The van der Waals surface area contributed by atoms with Gasteiger partial charge in [0.2, 0.25) is 14.2 Å². The lowest BCUT2D eigenvalue weighted by Gasteiger charge is -2.41. The van der Waals surface area contributed by atoms with Crippen molar-refractivity contribution >= 4 is 39.7 Å². The highest BCUT2D eigenvalue weighted by atomic mass is 32.2. The molecular formula is C24H41NO7S2Si. The molecule has 11 heteroatoms. The Bertz CT molecular complexity index is 1010. The van der Waals surface area contributed by atoms with Crippen molar-refractivity contribution in [2.75, 3.05) is 40.2 Å². The van der Waals surface area contributed by atoms with E-state index in [1.165, 1.54) is 18.4 Å². The third-order valence-electron chi connectivity index (χ3n) is 6.39. The lowest BCUT2D eigenvalue weighted by Crippen LogP contribution is -2.51.